The van der Waals surface area contributed by atoms with E-state index in [1.807, 2.05) is 6.07 Å². The summed E-state index contributed by atoms with van der Waals surface area (Å²) in [5.41, 5.74) is 1.05. The van der Waals surface area contributed by atoms with Crippen molar-refractivity contribution in [2.24, 2.45) is 4.99 Å². The zero-order valence-electron chi connectivity index (χ0n) is 15.7. The summed E-state index contributed by atoms with van der Waals surface area (Å²) in [6.07, 6.45) is 5.44. The van der Waals surface area contributed by atoms with Gasteiger partial charge in [-0.05, 0) is 25.7 Å². The lowest BCUT2D eigenvalue weighted by Crippen LogP contribution is -2.37. The lowest BCUT2D eigenvalue weighted by molar-refractivity contribution is 0.129. The molecule has 1 heterocycles. The van der Waals surface area contributed by atoms with Crippen LogP contribution in [0, 0.1) is 0 Å². The van der Waals surface area contributed by atoms with Crippen LogP contribution in [0.3, 0.4) is 0 Å². The Balaban J connectivity index is 2.24. The molecular formula is C18H34N4O2. The number of hydrogen-bond donors (Lipinski definition) is 2. The van der Waals surface area contributed by atoms with E-state index in [9.17, 15) is 0 Å². The van der Waals surface area contributed by atoms with Crippen molar-refractivity contribution < 1.29 is 9.26 Å². The summed E-state index contributed by atoms with van der Waals surface area (Å²) >= 11 is 0. The highest BCUT2D eigenvalue weighted by Crippen LogP contribution is 2.22. The van der Waals surface area contributed by atoms with Gasteiger partial charge in [-0.25, -0.2) is 0 Å². The average molecular weight is 338 g/mol. The fraction of sp³-hybridized carbons (Fsp3) is 0.778. The van der Waals surface area contributed by atoms with Gasteiger partial charge in [0.25, 0.3) is 0 Å². The minimum atomic E-state index is 0.479. The molecular weight excluding hydrogens is 304 g/mol. The molecule has 1 aromatic heterocycles. The quantitative estimate of drug-likeness (QED) is 0.347. The maximum Gasteiger partial charge on any atom is 0.191 e. The number of nitrogens with one attached hydrogen (secondary N) is 2. The van der Waals surface area contributed by atoms with E-state index in [1.54, 1.807) is 7.05 Å². The zero-order valence-corrected chi connectivity index (χ0v) is 15.7. The van der Waals surface area contributed by atoms with Gasteiger partial charge in [-0.15, -0.1) is 0 Å². The van der Waals surface area contributed by atoms with Gasteiger partial charge in [0.2, 0.25) is 0 Å². The van der Waals surface area contributed by atoms with E-state index in [1.165, 1.54) is 6.42 Å². The Labute approximate surface area is 146 Å². The third-order valence-electron chi connectivity index (χ3n) is 4.03. The largest absolute Gasteiger partial charge is 0.381 e. The van der Waals surface area contributed by atoms with Crippen molar-refractivity contribution in [3.63, 3.8) is 0 Å². The molecule has 0 amide bonds. The standard InChI is InChI=1S/C18H34N4O2/c1-5-8-11-23-12-9-10-20-18(19-4)21-14-16-13-17(22-24-16)15(6-2)7-3/h13,15H,5-12,14H2,1-4H3,(H2,19,20,21). The molecule has 138 valence electrons. The summed E-state index contributed by atoms with van der Waals surface area (Å²) in [7, 11) is 1.77. The van der Waals surface area contributed by atoms with Gasteiger partial charge < -0.3 is 19.9 Å². The summed E-state index contributed by atoms with van der Waals surface area (Å²) in [4.78, 5) is 4.22. The van der Waals surface area contributed by atoms with E-state index in [0.29, 0.717) is 12.5 Å². The van der Waals surface area contributed by atoms with Crippen LogP contribution < -0.4 is 10.6 Å². The monoisotopic (exact) mass is 338 g/mol. The molecule has 0 radical (unpaired) electrons. The van der Waals surface area contributed by atoms with Crippen molar-refractivity contribution in [3.05, 3.63) is 17.5 Å². The van der Waals surface area contributed by atoms with E-state index in [-0.39, 0.29) is 0 Å². The molecule has 6 heteroatoms. The first-order valence-electron chi connectivity index (χ1n) is 9.22. The van der Waals surface area contributed by atoms with Gasteiger partial charge in [-0.3, -0.25) is 4.99 Å². The van der Waals surface area contributed by atoms with Crippen LogP contribution in [0.4, 0.5) is 0 Å². The van der Waals surface area contributed by atoms with Crippen LogP contribution in [-0.4, -0.2) is 37.9 Å². The Morgan fingerprint density at radius 2 is 1.96 bits per heavy atom. The van der Waals surface area contributed by atoms with Gasteiger partial charge in [0.05, 0.1) is 12.2 Å². The van der Waals surface area contributed by atoms with Gasteiger partial charge in [0, 0.05) is 38.8 Å². The Kier molecular flexibility index (Phi) is 10.9. The van der Waals surface area contributed by atoms with Crippen molar-refractivity contribution in [1.82, 2.24) is 15.8 Å². The van der Waals surface area contributed by atoms with Crippen molar-refractivity contribution in [2.75, 3.05) is 26.8 Å². The summed E-state index contributed by atoms with van der Waals surface area (Å²) in [6.45, 7) is 9.58. The van der Waals surface area contributed by atoms with Crippen molar-refractivity contribution in [2.45, 2.75) is 65.3 Å². The summed E-state index contributed by atoms with van der Waals surface area (Å²) in [5, 5.41) is 10.7. The van der Waals surface area contributed by atoms with Crippen LogP contribution in [0.5, 0.6) is 0 Å². The van der Waals surface area contributed by atoms with Crippen LogP contribution in [0.15, 0.2) is 15.6 Å². The Hall–Kier alpha value is -1.56. The van der Waals surface area contributed by atoms with Crippen LogP contribution in [0.25, 0.3) is 0 Å². The summed E-state index contributed by atoms with van der Waals surface area (Å²) < 4.78 is 11.0. The van der Waals surface area contributed by atoms with Crippen LogP contribution in [0.1, 0.15) is 70.2 Å². The number of hydrogen-bond acceptors (Lipinski definition) is 4. The Morgan fingerprint density at radius 1 is 1.21 bits per heavy atom. The minimum absolute atomic E-state index is 0.479. The second-order valence-electron chi connectivity index (χ2n) is 5.90. The van der Waals surface area contributed by atoms with E-state index >= 15 is 0 Å². The highest BCUT2D eigenvalue weighted by molar-refractivity contribution is 5.79. The molecule has 0 aromatic carbocycles. The first-order chi connectivity index (χ1) is 11.7. The van der Waals surface area contributed by atoms with Gasteiger partial charge in [0.1, 0.15) is 0 Å². The maximum absolute atomic E-state index is 5.54. The number of guanidine groups is 1. The Morgan fingerprint density at radius 3 is 2.62 bits per heavy atom. The molecule has 6 nitrogen and oxygen atoms in total. The molecule has 0 fully saturated rings. The number of nitrogens with zero attached hydrogens (tertiary/aromatic N) is 2. The van der Waals surface area contributed by atoms with E-state index in [0.717, 1.165) is 62.9 Å². The highest BCUT2D eigenvalue weighted by atomic mass is 16.5. The summed E-state index contributed by atoms with van der Waals surface area (Å²) in [6, 6.07) is 2.04. The smallest absolute Gasteiger partial charge is 0.191 e. The third kappa shape index (κ3) is 7.81. The molecule has 0 spiro atoms. The molecule has 0 bridgehead atoms. The molecule has 0 aliphatic heterocycles. The number of unbranched alkanes of at least 4 members (excludes halogenated alkanes) is 1. The van der Waals surface area contributed by atoms with Crippen LogP contribution in [0.2, 0.25) is 0 Å². The lowest BCUT2D eigenvalue weighted by atomic mass is 9.99. The van der Waals surface area contributed by atoms with Gasteiger partial charge in [-0.2, -0.15) is 0 Å². The predicted octanol–water partition coefficient (Wildman–Crippen LogP) is 3.45. The van der Waals surface area contributed by atoms with Crippen molar-refractivity contribution in [3.8, 4) is 0 Å². The molecule has 0 aliphatic rings. The lowest BCUT2D eigenvalue weighted by Gasteiger charge is -2.10. The number of aromatic nitrogens is 1. The maximum atomic E-state index is 5.54. The number of ether oxygens (including phenoxy) is 1. The second-order valence-corrected chi connectivity index (χ2v) is 5.90. The predicted molar refractivity (Wildman–Crippen MR) is 98.4 cm³/mol. The molecule has 0 atom stereocenters. The second kappa shape index (κ2) is 12.8. The van der Waals surface area contributed by atoms with E-state index in [2.05, 4.69) is 41.6 Å². The van der Waals surface area contributed by atoms with Gasteiger partial charge >= 0.3 is 0 Å². The molecule has 0 saturated carbocycles. The van der Waals surface area contributed by atoms with Gasteiger partial charge in [0.15, 0.2) is 11.7 Å². The number of rotatable bonds is 12. The van der Waals surface area contributed by atoms with E-state index < -0.39 is 0 Å². The van der Waals surface area contributed by atoms with Crippen LogP contribution >= 0.6 is 0 Å². The molecule has 2 N–H and O–H groups in total. The van der Waals surface area contributed by atoms with Crippen molar-refractivity contribution in [1.29, 1.82) is 0 Å². The fourth-order valence-corrected chi connectivity index (χ4v) is 2.43. The SMILES string of the molecule is CCCCOCCCNC(=NC)NCc1cc(C(CC)CC)no1. The summed E-state index contributed by atoms with van der Waals surface area (Å²) in [5.74, 6) is 2.08. The molecule has 1 aromatic rings. The topological polar surface area (TPSA) is 71.7 Å². The first-order valence-corrected chi connectivity index (χ1v) is 9.22. The van der Waals surface area contributed by atoms with Crippen LogP contribution in [-0.2, 0) is 11.3 Å². The molecule has 24 heavy (non-hydrogen) atoms. The number of aliphatic imine (C=N–C) groups is 1. The average Bonchev–Trinajstić information content (AvgIpc) is 3.06. The Bertz CT molecular complexity index is 456. The molecule has 0 saturated heterocycles. The minimum Gasteiger partial charge on any atom is -0.381 e. The first kappa shape index (κ1) is 20.5. The molecule has 1 rings (SSSR count). The normalized spacial score (nSPS) is 12.0. The van der Waals surface area contributed by atoms with Crippen molar-refractivity contribution >= 4 is 5.96 Å². The fourth-order valence-electron chi connectivity index (χ4n) is 2.43. The molecule has 0 unspecified atom stereocenters. The highest BCUT2D eigenvalue weighted by Gasteiger charge is 2.13. The van der Waals surface area contributed by atoms with E-state index in [4.69, 9.17) is 9.26 Å². The zero-order chi connectivity index (χ0) is 17.6. The van der Waals surface area contributed by atoms with Gasteiger partial charge in [-0.1, -0.05) is 32.3 Å². The third-order valence-corrected chi connectivity index (χ3v) is 4.03. The molecule has 0 aliphatic carbocycles.